The second-order valence-electron chi connectivity index (χ2n) is 4.34. The van der Waals surface area contributed by atoms with E-state index in [1.165, 1.54) is 12.1 Å². The number of likely N-dealkylation sites (N-methyl/N-ethyl adjacent to an activating group) is 1. The molecule has 5 heteroatoms. The van der Waals surface area contributed by atoms with Gasteiger partial charge in [0.25, 0.3) is 0 Å². The van der Waals surface area contributed by atoms with Crippen molar-refractivity contribution in [3.8, 4) is 0 Å². The van der Waals surface area contributed by atoms with Crippen molar-refractivity contribution >= 4 is 11.3 Å². The maximum atomic E-state index is 13.8. The molecule has 0 bridgehead atoms. The Hall–Kier alpha value is -1.33. The lowest BCUT2D eigenvalue weighted by molar-refractivity contribution is 0.499. The summed E-state index contributed by atoms with van der Waals surface area (Å²) in [6.07, 6.45) is 0.554. The van der Waals surface area contributed by atoms with Gasteiger partial charge in [-0.25, -0.2) is 13.8 Å². The van der Waals surface area contributed by atoms with E-state index in [0.29, 0.717) is 18.5 Å². The second-order valence-corrected chi connectivity index (χ2v) is 5.40. The van der Waals surface area contributed by atoms with Gasteiger partial charge in [0.1, 0.15) is 11.6 Å². The summed E-state index contributed by atoms with van der Waals surface area (Å²) in [6.45, 7) is 4.55. The van der Waals surface area contributed by atoms with Crippen LogP contribution in [0.4, 0.5) is 8.78 Å². The zero-order chi connectivity index (χ0) is 13.8. The number of hydrogen-bond acceptors (Lipinski definition) is 3. The molecule has 0 amide bonds. The molecule has 2 rings (SSSR count). The van der Waals surface area contributed by atoms with Gasteiger partial charge in [0.05, 0.1) is 10.7 Å². The molecule has 0 aliphatic rings. The van der Waals surface area contributed by atoms with Gasteiger partial charge in [-0.15, -0.1) is 11.3 Å². The van der Waals surface area contributed by atoms with Crippen LogP contribution < -0.4 is 5.32 Å². The summed E-state index contributed by atoms with van der Waals surface area (Å²) in [4.78, 5) is 4.37. The van der Waals surface area contributed by atoms with E-state index in [-0.39, 0.29) is 11.9 Å². The van der Waals surface area contributed by atoms with Gasteiger partial charge in [-0.2, -0.15) is 0 Å². The normalized spacial score (nSPS) is 12.6. The first kappa shape index (κ1) is 14.1. The topological polar surface area (TPSA) is 24.9 Å². The zero-order valence-electron chi connectivity index (χ0n) is 10.9. The summed E-state index contributed by atoms with van der Waals surface area (Å²) in [7, 11) is 0. The number of aromatic nitrogens is 1. The largest absolute Gasteiger partial charge is 0.310 e. The van der Waals surface area contributed by atoms with Crippen LogP contribution in [0.2, 0.25) is 0 Å². The Kier molecular flexibility index (Phi) is 4.61. The maximum Gasteiger partial charge on any atom is 0.128 e. The van der Waals surface area contributed by atoms with Gasteiger partial charge in [0.15, 0.2) is 0 Å². The highest BCUT2D eigenvalue weighted by Gasteiger charge is 2.17. The molecule has 0 saturated heterocycles. The van der Waals surface area contributed by atoms with Gasteiger partial charge >= 0.3 is 0 Å². The molecular formula is C14H16F2N2S. The lowest BCUT2D eigenvalue weighted by Crippen LogP contribution is -2.24. The number of thiazole rings is 1. The van der Waals surface area contributed by atoms with Crippen molar-refractivity contribution in [1.29, 1.82) is 0 Å². The van der Waals surface area contributed by atoms with E-state index >= 15 is 0 Å². The molecule has 2 nitrogen and oxygen atoms in total. The van der Waals surface area contributed by atoms with E-state index in [9.17, 15) is 8.78 Å². The summed E-state index contributed by atoms with van der Waals surface area (Å²) < 4.78 is 27.1. The Balaban J connectivity index is 2.26. The standard InChI is InChI=1S/C14H16F2N2S/c1-3-17-14(7-11-8-19-9(2)18-11)12-6-10(15)4-5-13(12)16/h4-6,8,14,17H,3,7H2,1-2H3. The van der Waals surface area contributed by atoms with Crippen molar-refractivity contribution in [3.05, 3.63) is 51.5 Å². The molecule has 1 aromatic carbocycles. The SMILES string of the molecule is CCNC(Cc1csc(C)n1)c1cc(F)ccc1F. The molecule has 0 aliphatic heterocycles. The van der Waals surface area contributed by atoms with E-state index in [1.807, 2.05) is 19.2 Å². The third-order valence-corrected chi connectivity index (χ3v) is 3.69. The first-order valence-electron chi connectivity index (χ1n) is 6.19. The van der Waals surface area contributed by atoms with E-state index < -0.39 is 5.82 Å². The Bertz CT molecular complexity index is 554. The van der Waals surface area contributed by atoms with Gasteiger partial charge in [-0.05, 0) is 31.7 Å². The van der Waals surface area contributed by atoms with Crippen molar-refractivity contribution in [3.63, 3.8) is 0 Å². The Labute approximate surface area is 115 Å². The highest BCUT2D eigenvalue weighted by molar-refractivity contribution is 7.09. The monoisotopic (exact) mass is 282 g/mol. The minimum Gasteiger partial charge on any atom is -0.310 e. The third-order valence-electron chi connectivity index (χ3n) is 2.86. The molecule has 1 aromatic heterocycles. The number of nitrogens with one attached hydrogen (secondary N) is 1. The van der Waals surface area contributed by atoms with Crippen molar-refractivity contribution in [1.82, 2.24) is 10.3 Å². The van der Waals surface area contributed by atoms with Gasteiger partial charge in [0.2, 0.25) is 0 Å². The van der Waals surface area contributed by atoms with Crippen LogP contribution >= 0.6 is 11.3 Å². The lowest BCUT2D eigenvalue weighted by atomic mass is 10.0. The first-order valence-corrected chi connectivity index (χ1v) is 7.07. The number of hydrogen-bond donors (Lipinski definition) is 1. The fraction of sp³-hybridized carbons (Fsp3) is 0.357. The minimum atomic E-state index is -0.422. The average molecular weight is 282 g/mol. The Morgan fingerprint density at radius 3 is 2.79 bits per heavy atom. The molecule has 1 atom stereocenters. The number of nitrogens with zero attached hydrogens (tertiary/aromatic N) is 1. The number of benzene rings is 1. The maximum absolute atomic E-state index is 13.8. The predicted octanol–water partition coefficient (Wildman–Crippen LogP) is 3.62. The van der Waals surface area contributed by atoms with Crippen LogP contribution in [0, 0.1) is 18.6 Å². The molecule has 0 fully saturated rings. The lowest BCUT2D eigenvalue weighted by Gasteiger charge is -2.18. The van der Waals surface area contributed by atoms with Crippen LogP contribution in [-0.2, 0) is 6.42 Å². The number of halogens is 2. The van der Waals surface area contributed by atoms with Crippen LogP contribution in [0.3, 0.4) is 0 Å². The fourth-order valence-corrected chi connectivity index (χ4v) is 2.66. The molecule has 1 heterocycles. The van der Waals surface area contributed by atoms with Crippen LogP contribution in [0.15, 0.2) is 23.6 Å². The summed E-state index contributed by atoms with van der Waals surface area (Å²) in [5, 5.41) is 6.11. The van der Waals surface area contributed by atoms with Gasteiger partial charge in [0, 0.05) is 23.4 Å². The van der Waals surface area contributed by atoms with Gasteiger partial charge in [-0.1, -0.05) is 6.92 Å². The smallest absolute Gasteiger partial charge is 0.128 e. The molecule has 0 aliphatic carbocycles. The molecule has 1 unspecified atom stereocenters. The highest BCUT2D eigenvalue weighted by Crippen LogP contribution is 2.23. The second kappa shape index (κ2) is 6.21. The molecule has 0 saturated carbocycles. The van der Waals surface area contributed by atoms with E-state index in [4.69, 9.17) is 0 Å². The van der Waals surface area contributed by atoms with Crippen molar-refractivity contribution in [2.45, 2.75) is 26.3 Å². The molecular weight excluding hydrogens is 266 g/mol. The van der Waals surface area contributed by atoms with Crippen LogP contribution in [0.25, 0.3) is 0 Å². The Morgan fingerprint density at radius 1 is 1.37 bits per heavy atom. The first-order chi connectivity index (χ1) is 9.10. The molecule has 0 spiro atoms. The summed E-state index contributed by atoms with van der Waals surface area (Å²) >= 11 is 1.56. The van der Waals surface area contributed by atoms with E-state index in [2.05, 4.69) is 10.3 Å². The Morgan fingerprint density at radius 2 is 2.16 bits per heavy atom. The zero-order valence-corrected chi connectivity index (χ0v) is 11.7. The van der Waals surface area contributed by atoms with Crippen LogP contribution in [-0.4, -0.2) is 11.5 Å². The van der Waals surface area contributed by atoms with E-state index in [0.717, 1.165) is 16.8 Å². The summed E-state index contributed by atoms with van der Waals surface area (Å²) in [6, 6.07) is 3.29. The van der Waals surface area contributed by atoms with Crippen LogP contribution in [0.5, 0.6) is 0 Å². The summed E-state index contributed by atoms with van der Waals surface area (Å²) in [5.74, 6) is -0.812. The van der Waals surface area contributed by atoms with Gasteiger partial charge < -0.3 is 5.32 Å². The quantitative estimate of drug-likeness (QED) is 0.906. The molecule has 0 radical (unpaired) electrons. The third kappa shape index (κ3) is 3.58. The highest BCUT2D eigenvalue weighted by atomic mass is 32.1. The number of aryl methyl sites for hydroxylation is 1. The van der Waals surface area contributed by atoms with Gasteiger partial charge in [-0.3, -0.25) is 0 Å². The molecule has 19 heavy (non-hydrogen) atoms. The van der Waals surface area contributed by atoms with E-state index in [1.54, 1.807) is 11.3 Å². The average Bonchev–Trinajstić information content (AvgIpc) is 2.77. The molecule has 102 valence electrons. The summed E-state index contributed by atoms with van der Waals surface area (Å²) in [5.41, 5.74) is 1.25. The van der Waals surface area contributed by atoms with Crippen molar-refractivity contribution in [2.24, 2.45) is 0 Å². The van der Waals surface area contributed by atoms with Crippen molar-refractivity contribution in [2.75, 3.05) is 6.54 Å². The van der Waals surface area contributed by atoms with Crippen LogP contribution in [0.1, 0.15) is 29.2 Å². The predicted molar refractivity (Wildman–Crippen MR) is 73.3 cm³/mol. The molecule has 2 aromatic rings. The molecule has 1 N–H and O–H groups in total. The minimum absolute atomic E-state index is 0.262. The number of rotatable bonds is 5. The van der Waals surface area contributed by atoms with Crippen molar-refractivity contribution < 1.29 is 8.78 Å². The fourth-order valence-electron chi connectivity index (χ4n) is 2.03.